The van der Waals surface area contributed by atoms with Gasteiger partial charge in [-0.3, -0.25) is 19.3 Å². The van der Waals surface area contributed by atoms with Gasteiger partial charge in [0.15, 0.2) is 5.13 Å². The van der Waals surface area contributed by atoms with Crippen molar-refractivity contribution in [3.05, 3.63) is 45.9 Å². The molecule has 8 heteroatoms. The first kappa shape index (κ1) is 16.6. The highest BCUT2D eigenvalue weighted by Gasteiger charge is 2.30. The lowest BCUT2D eigenvalue weighted by molar-refractivity contribution is -0.141. The van der Waals surface area contributed by atoms with Gasteiger partial charge in [-0.2, -0.15) is 0 Å². The Morgan fingerprint density at radius 1 is 1.25 bits per heavy atom. The Labute approximate surface area is 147 Å². The zero-order valence-electron chi connectivity index (χ0n) is 12.6. The minimum absolute atomic E-state index is 0.172. The van der Waals surface area contributed by atoms with Gasteiger partial charge in [-0.05, 0) is 11.6 Å². The van der Waals surface area contributed by atoms with Gasteiger partial charge in [-0.25, -0.2) is 4.98 Å². The van der Waals surface area contributed by atoms with Crippen molar-refractivity contribution in [3.63, 3.8) is 0 Å². The first-order valence-corrected chi connectivity index (χ1v) is 8.53. The van der Waals surface area contributed by atoms with Gasteiger partial charge >= 0.3 is 0 Å². The van der Waals surface area contributed by atoms with Gasteiger partial charge in [0.25, 0.3) is 0 Å². The fourth-order valence-corrected chi connectivity index (χ4v) is 3.43. The summed E-state index contributed by atoms with van der Waals surface area (Å²) in [6, 6.07) is 7.54. The summed E-state index contributed by atoms with van der Waals surface area (Å²) in [4.78, 5) is 41.1. The number of amides is 3. The fraction of sp³-hybridized carbons (Fsp3) is 0.250. The first-order valence-electron chi connectivity index (χ1n) is 7.34. The minimum atomic E-state index is -0.433. The van der Waals surface area contributed by atoms with Gasteiger partial charge in [0, 0.05) is 35.4 Å². The maximum atomic E-state index is 12.0. The molecule has 1 aromatic heterocycles. The average Bonchev–Trinajstić information content (AvgIpc) is 3.11. The van der Waals surface area contributed by atoms with Crippen molar-refractivity contribution in [2.45, 2.75) is 19.3 Å². The lowest BCUT2D eigenvalue weighted by Gasteiger charge is -2.12. The van der Waals surface area contributed by atoms with E-state index in [-0.39, 0.29) is 31.2 Å². The van der Waals surface area contributed by atoms with E-state index in [1.165, 1.54) is 11.3 Å². The van der Waals surface area contributed by atoms with Crippen LogP contribution in [0.25, 0.3) is 0 Å². The third-order valence-corrected chi connectivity index (χ3v) is 4.86. The number of likely N-dealkylation sites (tertiary alicyclic amines) is 1. The van der Waals surface area contributed by atoms with E-state index in [4.69, 9.17) is 11.6 Å². The molecule has 1 fully saturated rings. The summed E-state index contributed by atoms with van der Waals surface area (Å²) >= 11 is 7.47. The third-order valence-electron chi connectivity index (χ3n) is 3.58. The molecule has 2 heterocycles. The Balaban J connectivity index is 1.60. The van der Waals surface area contributed by atoms with Crippen LogP contribution in [0.3, 0.4) is 0 Å². The highest BCUT2D eigenvalue weighted by Crippen LogP contribution is 2.24. The van der Waals surface area contributed by atoms with Crippen molar-refractivity contribution in [2.75, 3.05) is 11.9 Å². The van der Waals surface area contributed by atoms with Crippen LogP contribution in [0, 0.1) is 0 Å². The number of halogens is 1. The second-order valence-corrected chi connectivity index (χ2v) is 6.84. The number of carbonyl (C=O) groups is 3. The Bertz CT molecular complexity index is 789. The molecule has 1 aliphatic rings. The standard InChI is InChI=1S/C16H14ClN3O3S/c17-12-4-2-1-3-10(12)7-11-8-18-16(24-11)19-13(21)9-20-14(22)5-6-15(20)23/h1-4,8H,5-7,9H2,(H,18,19,21). The van der Waals surface area contributed by atoms with E-state index in [1.807, 2.05) is 24.3 Å². The predicted octanol–water partition coefficient (Wildman–Crippen LogP) is 2.47. The van der Waals surface area contributed by atoms with Crippen molar-refractivity contribution in [1.82, 2.24) is 9.88 Å². The third kappa shape index (κ3) is 3.80. The van der Waals surface area contributed by atoms with Crippen molar-refractivity contribution in [1.29, 1.82) is 0 Å². The topological polar surface area (TPSA) is 79.4 Å². The summed E-state index contributed by atoms with van der Waals surface area (Å²) < 4.78 is 0. The van der Waals surface area contributed by atoms with Crippen LogP contribution in [0.1, 0.15) is 23.3 Å². The Kier molecular flexibility index (Phi) is 4.92. The van der Waals surface area contributed by atoms with Crippen LogP contribution in [0.15, 0.2) is 30.5 Å². The Morgan fingerprint density at radius 2 is 1.96 bits per heavy atom. The molecule has 0 bridgehead atoms. The molecule has 0 radical (unpaired) electrons. The minimum Gasteiger partial charge on any atom is -0.300 e. The molecule has 0 aliphatic carbocycles. The number of hydrogen-bond acceptors (Lipinski definition) is 5. The van der Waals surface area contributed by atoms with Crippen molar-refractivity contribution >= 4 is 45.8 Å². The molecule has 1 aliphatic heterocycles. The molecule has 1 aromatic carbocycles. The average molecular weight is 364 g/mol. The molecule has 2 aromatic rings. The summed E-state index contributed by atoms with van der Waals surface area (Å²) in [5.41, 5.74) is 0.981. The molecule has 124 valence electrons. The zero-order valence-corrected chi connectivity index (χ0v) is 14.2. The monoisotopic (exact) mass is 363 g/mol. The number of anilines is 1. The quantitative estimate of drug-likeness (QED) is 0.827. The maximum absolute atomic E-state index is 12.0. The van der Waals surface area contributed by atoms with Crippen molar-refractivity contribution in [2.24, 2.45) is 0 Å². The molecule has 6 nitrogen and oxygen atoms in total. The van der Waals surface area contributed by atoms with Crippen molar-refractivity contribution in [3.8, 4) is 0 Å². The molecule has 0 unspecified atom stereocenters. The van der Waals surface area contributed by atoms with Crippen LogP contribution in [0.4, 0.5) is 5.13 Å². The number of carbonyl (C=O) groups excluding carboxylic acids is 3. The van der Waals surface area contributed by atoms with Gasteiger partial charge < -0.3 is 5.32 Å². The maximum Gasteiger partial charge on any atom is 0.246 e. The van der Waals surface area contributed by atoms with E-state index in [9.17, 15) is 14.4 Å². The number of imide groups is 1. The number of benzene rings is 1. The van der Waals surface area contributed by atoms with E-state index in [0.29, 0.717) is 16.6 Å². The normalized spacial score (nSPS) is 14.3. The van der Waals surface area contributed by atoms with Crippen LogP contribution < -0.4 is 5.32 Å². The van der Waals surface area contributed by atoms with E-state index < -0.39 is 5.91 Å². The second kappa shape index (κ2) is 7.11. The lowest BCUT2D eigenvalue weighted by Crippen LogP contribution is -2.36. The zero-order chi connectivity index (χ0) is 17.1. The molecule has 1 saturated heterocycles. The van der Waals surface area contributed by atoms with Gasteiger partial charge in [-0.15, -0.1) is 11.3 Å². The van der Waals surface area contributed by atoms with Crippen LogP contribution in [-0.2, 0) is 20.8 Å². The largest absolute Gasteiger partial charge is 0.300 e. The van der Waals surface area contributed by atoms with Crippen molar-refractivity contribution < 1.29 is 14.4 Å². The van der Waals surface area contributed by atoms with Gasteiger partial charge in [0.05, 0.1) is 0 Å². The van der Waals surface area contributed by atoms with E-state index in [2.05, 4.69) is 10.3 Å². The molecular formula is C16H14ClN3O3S. The number of rotatable bonds is 5. The van der Waals surface area contributed by atoms with Crippen LogP contribution >= 0.6 is 22.9 Å². The number of thiazole rings is 1. The van der Waals surface area contributed by atoms with Crippen LogP contribution in [0.2, 0.25) is 5.02 Å². The van der Waals surface area contributed by atoms with E-state index in [1.54, 1.807) is 6.20 Å². The Morgan fingerprint density at radius 3 is 2.67 bits per heavy atom. The molecule has 24 heavy (non-hydrogen) atoms. The molecule has 3 amide bonds. The molecule has 1 N–H and O–H groups in total. The molecular weight excluding hydrogens is 350 g/mol. The summed E-state index contributed by atoms with van der Waals surface area (Å²) in [7, 11) is 0. The molecule has 3 rings (SSSR count). The summed E-state index contributed by atoms with van der Waals surface area (Å²) in [5, 5.41) is 3.73. The number of nitrogens with zero attached hydrogens (tertiary/aromatic N) is 2. The van der Waals surface area contributed by atoms with Crippen LogP contribution in [0.5, 0.6) is 0 Å². The summed E-state index contributed by atoms with van der Waals surface area (Å²) in [6.45, 7) is -0.267. The van der Waals surface area contributed by atoms with E-state index >= 15 is 0 Å². The van der Waals surface area contributed by atoms with Gasteiger partial charge in [0.2, 0.25) is 17.7 Å². The van der Waals surface area contributed by atoms with E-state index in [0.717, 1.165) is 15.3 Å². The SMILES string of the molecule is O=C(CN1C(=O)CCC1=O)Nc1ncc(Cc2ccccc2Cl)s1. The molecule has 0 spiro atoms. The summed E-state index contributed by atoms with van der Waals surface area (Å²) in [5.74, 6) is -1.06. The molecule has 0 atom stereocenters. The second-order valence-electron chi connectivity index (χ2n) is 5.32. The van der Waals surface area contributed by atoms with Crippen LogP contribution in [-0.4, -0.2) is 34.2 Å². The lowest BCUT2D eigenvalue weighted by atomic mass is 10.1. The first-order chi connectivity index (χ1) is 11.5. The van der Waals surface area contributed by atoms with Gasteiger partial charge in [0.1, 0.15) is 6.54 Å². The number of hydrogen-bond donors (Lipinski definition) is 1. The number of aromatic nitrogens is 1. The van der Waals surface area contributed by atoms with Gasteiger partial charge in [-0.1, -0.05) is 29.8 Å². The summed E-state index contributed by atoms with van der Waals surface area (Å²) in [6.07, 6.45) is 2.64. The number of nitrogens with one attached hydrogen (secondary N) is 1. The smallest absolute Gasteiger partial charge is 0.246 e. The molecule has 0 saturated carbocycles. The Hall–Kier alpha value is -2.25. The highest BCUT2D eigenvalue weighted by molar-refractivity contribution is 7.15. The predicted molar refractivity (Wildman–Crippen MR) is 91.0 cm³/mol. The fourth-order valence-electron chi connectivity index (χ4n) is 2.38. The highest BCUT2D eigenvalue weighted by atomic mass is 35.5.